The summed E-state index contributed by atoms with van der Waals surface area (Å²) >= 11 is 0. The number of fused-ring (bicyclic) bond motifs is 1. The highest BCUT2D eigenvalue weighted by Gasteiger charge is 2.40. The van der Waals surface area contributed by atoms with Gasteiger partial charge in [0, 0.05) is 12.1 Å². The van der Waals surface area contributed by atoms with Crippen molar-refractivity contribution in [3.63, 3.8) is 0 Å². The highest BCUT2D eigenvalue weighted by atomic mass is 16.5. The molecule has 1 N–H and O–H groups in total. The summed E-state index contributed by atoms with van der Waals surface area (Å²) in [5.41, 5.74) is 0.940. The smallest absolute Gasteiger partial charge is 0.338 e. The predicted molar refractivity (Wildman–Crippen MR) is 122 cm³/mol. The molecule has 1 aliphatic carbocycles. The standard InChI is InChI=1S/C25H26N2O7/c1-32-17-9-11-21(33-2)20(13-17)26-22(28)14-34-25(31)15-8-10-18-19(12-15)24(30)27(23(18)29)16-6-4-3-5-7-16/h8-13,16H,3-7,14H2,1-2H3,(H,26,28). The molecular weight excluding hydrogens is 440 g/mol. The Labute approximate surface area is 197 Å². The monoisotopic (exact) mass is 466 g/mol. The summed E-state index contributed by atoms with van der Waals surface area (Å²) in [6.07, 6.45) is 4.67. The van der Waals surface area contributed by atoms with E-state index in [0.29, 0.717) is 17.2 Å². The lowest BCUT2D eigenvalue weighted by molar-refractivity contribution is -0.119. The van der Waals surface area contributed by atoms with Crippen LogP contribution >= 0.6 is 0 Å². The summed E-state index contributed by atoms with van der Waals surface area (Å²) in [4.78, 5) is 51.9. The first-order valence-corrected chi connectivity index (χ1v) is 11.1. The zero-order valence-corrected chi connectivity index (χ0v) is 19.1. The number of imide groups is 1. The number of amides is 3. The van der Waals surface area contributed by atoms with Gasteiger partial charge in [-0.25, -0.2) is 4.79 Å². The second-order valence-electron chi connectivity index (χ2n) is 8.22. The topological polar surface area (TPSA) is 111 Å². The van der Waals surface area contributed by atoms with Crippen molar-refractivity contribution < 1.29 is 33.4 Å². The van der Waals surface area contributed by atoms with Crippen molar-refractivity contribution in [2.45, 2.75) is 38.1 Å². The molecule has 3 amide bonds. The number of nitrogens with zero attached hydrogens (tertiary/aromatic N) is 1. The largest absolute Gasteiger partial charge is 0.497 e. The number of rotatable bonds is 7. The lowest BCUT2D eigenvalue weighted by Crippen LogP contribution is -2.40. The Bertz CT molecular complexity index is 1140. The molecule has 0 spiro atoms. The maximum atomic E-state index is 12.9. The summed E-state index contributed by atoms with van der Waals surface area (Å²) in [6, 6.07) is 9.07. The molecule has 0 aromatic heterocycles. The predicted octanol–water partition coefficient (Wildman–Crippen LogP) is 3.43. The molecule has 0 saturated heterocycles. The summed E-state index contributed by atoms with van der Waals surface area (Å²) in [5, 5.41) is 2.61. The molecule has 0 unspecified atom stereocenters. The van der Waals surface area contributed by atoms with E-state index in [4.69, 9.17) is 14.2 Å². The van der Waals surface area contributed by atoms with E-state index in [1.165, 1.54) is 37.3 Å². The molecule has 9 nitrogen and oxygen atoms in total. The Morgan fingerprint density at radius 3 is 2.38 bits per heavy atom. The van der Waals surface area contributed by atoms with Gasteiger partial charge in [-0.3, -0.25) is 19.3 Å². The van der Waals surface area contributed by atoms with Gasteiger partial charge in [-0.15, -0.1) is 0 Å². The van der Waals surface area contributed by atoms with Crippen LogP contribution in [-0.4, -0.2) is 55.5 Å². The molecule has 2 aliphatic rings. The number of esters is 1. The van der Waals surface area contributed by atoms with Gasteiger partial charge in [0.05, 0.1) is 36.6 Å². The van der Waals surface area contributed by atoms with Crippen LogP contribution in [0.25, 0.3) is 0 Å². The molecule has 0 bridgehead atoms. The van der Waals surface area contributed by atoms with Gasteiger partial charge in [0.15, 0.2) is 6.61 Å². The van der Waals surface area contributed by atoms with Crippen molar-refractivity contribution >= 4 is 29.4 Å². The SMILES string of the molecule is COc1ccc(OC)c(NC(=O)COC(=O)c2ccc3c(c2)C(=O)N(C2CCCCC2)C3=O)c1. The molecule has 1 saturated carbocycles. The molecular formula is C25H26N2O7. The molecule has 9 heteroatoms. The molecule has 0 radical (unpaired) electrons. The van der Waals surface area contributed by atoms with Gasteiger partial charge in [-0.05, 0) is 43.2 Å². The van der Waals surface area contributed by atoms with Crippen LogP contribution in [0.15, 0.2) is 36.4 Å². The van der Waals surface area contributed by atoms with E-state index in [9.17, 15) is 19.2 Å². The summed E-state index contributed by atoms with van der Waals surface area (Å²) in [7, 11) is 2.96. The van der Waals surface area contributed by atoms with Crippen molar-refractivity contribution in [3.05, 3.63) is 53.1 Å². The number of methoxy groups -OCH3 is 2. The van der Waals surface area contributed by atoms with Crippen molar-refractivity contribution in [1.82, 2.24) is 4.90 Å². The van der Waals surface area contributed by atoms with Crippen LogP contribution in [0.4, 0.5) is 5.69 Å². The van der Waals surface area contributed by atoms with Crippen LogP contribution in [-0.2, 0) is 9.53 Å². The Balaban J connectivity index is 1.41. The van der Waals surface area contributed by atoms with Gasteiger partial charge in [0.2, 0.25) is 0 Å². The molecule has 178 valence electrons. The number of benzene rings is 2. The van der Waals surface area contributed by atoms with E-state index in [1.54, 1.807) is 18.2 Å². The van der Waals surface area contributed by atoms with Gasteiger partial charge < -0.3 is 19.5 Å². The van der Waals surface area contributed by atoms with E-state index in [1.807, 2.05) is 0 Å². The van der Waals surface area contributed by atoms with Crippen LogP contribution in [0.5, 0.6) is 11.5 Å². The third-order valence-electron chi connectivity index (χ3n) is 6.11. The van der Waals surface area contributed by atoms with E-state index in [2.05, 4.69) is 5.32 Å². The minimum atomic E-state index is -0.771. The first kappa shape index (κ1) is 23.3. The van der Waals surface area contributed by atoms with Crippen LogP contribution < -0.4 is 14.8 Å². The van der Waals surface area contributed by atoms with Crippen molar-refractivity contribution in [1.29, 1.82) is 0 Å². The Morgan fingerprint density at radius 2 is 1.68 bits per heavy atom. The summed E-state index contributed by atoms with van der Waals surface area (Å²) in [5.74, 6) is -1.11. The first-order chi connectivity index (χ1) is 16.4. The van der Waals surface area contributed by atoms with Crippen LogP contribution in [0.1, 0.15) is 63.2 Å². The molecule has 2 aromatic rings. The number of hydrogen-bond acceptors (Lipinski definition) is 7. The Morgan fingerprint density at radius 1 is 0.941 bits per heavy atom. The van der Waals surface area contributed by atoms with Crippen molar-refractivity contribution in [2.75, 3.05) is 26.1 Å². The van der Waals surface area contributed by atoms with Crippen molar-refractivity contribution in [3.8, 4) is 11.5 Å². The minimum absolute atomic E-state index is 0.0946. The quantitative estimate of drug-likeness (QED) is 0.492. The average Bonchev–Trinajstić information content (AvgIpc) is 3.12. The third-order valence-corrected chi connectivity index (χ3v) is 6.11. The van der Waals surface area contributed by atoms with Gasteiger partial charge in [0.1, 0.15) is 11.5 Å². The first-order valence-electron chi connectivity index (χ1n) is 11.1. The maximum Gasteiger partial charge on any atom is 0.338 e. The minimum Gasteiger partial charge on any atom is -0.497 e. The fraction of sp³-hybridized carbons (Fsp3) is 0.360. The average molecular weight is 466 g/mol. The Kier molecular flexibility index (Phi) is 6.81. The molecule has 1 aliphatic heterocycles. The fourth-order valence-corrected chi connectivity index (χ4v) is 4.37. The van der Waals surface area contributed by atoms with E-state index in [0.717, 1.165) is 32.1 Å². The summed E-state index contributed by atoms with van der Waals surface area (Å²) in [6.45, 7) is -0.544. The zero-order valence-electron chi connectivity index (χ0n) is 19.1. The maximum absolute atomic E-state index is 12.9. The number of anilines is 1. The molecule has 1 heterocycles. The van der Waals surface area contributed by atoms with Gasteiger partial charge >= 0.3 is 5.97 Å². The van der Waals surface area contributed by atoms with Crippen LogP contribution in [0, 0.1) is 0 Å². The Hall–Kier alpha value is -3.88. The van der Waals surface area contributed by atoms with Gasteiger partial charge in [-0.1, -0.05) is 19.3 Å². The number of carbonyl (C=O) groups excluding carboxylic acids is 4. The number of hydrogen-bond donors (Lipinski definition) is 1. The highest BCUT2D eigenvalue weighted by molar-refractivity contribution is 6.22. The molecule has 34 heavy (non-hydrogen) atoms. The number of ether oxygens (including phenoxy) is 3. The highest BCUT2D eigenvalue weighted by Crippen LogP contribution is 2.32. The lowest BCUT2D eigenvalue weighted by Gasteiger charge is -2.29. The molecule has 0 atom stereocenters. The third kappa shape index (κ3) is 4.59. The number of nitrogens with one attached hydrogen (secondary N) is 1. The molecule has 4 rings (SSSR count). The van der Waals surface area contributed by atoms with Crippen LogP contribution in [0.2, 0.25) is 0 Å². The second kappa shape index (κ2) is 9.94. The molecule has 1 fully saturated rings. The summed E-state index contributed by atoms with van der Waals surface area (Å²) < 4.78 is 15.5. The molecule has 2 aromatic carbocycles. The van der Waals surface area contributed by atoms with E-state index >= 15 is 0 Å². The second-order valence-corrected chi connectivity index (χ2v) is 8.22. The van der Waals surface area contributed by atoms with E-state index in [-0.39, 0.29) is 34.5 Å². The van der Waals surface area contributed by atoms with E-state index < -0.39 is 18.5 Å². The fourth-order valence-electron chi connectivity index (χ4n) is 4.37. The normalized spacial score (nSPS) is 15.6. The van der Waals surface area contributed by atoms with Crippen molar-refractivity contribution in [2.24, 2.45) is 0 Å². The number of carbonyl (C=O) groups is 4. The zero-order chi connectivity index (χ0) is 24.2. The van der Waals surface area contributed by atoms with Crippen LogP contribution in [0.3, 0.4) is 0 Å². The lowest BCUT2D eigenvalue weighted by atomic mass is 9.94. The van der Waals surface area contributed by atoms with Gasteiger partial charge in [0.25, 0.3) is 17.7 Å². The van der Waals surface area contributed by atoms with Gasteiger partial charge in [-0.2, -0.15) is 0 Å².